The molecular formula is C19H26N4O3. The molecule has 26 heavy (non-hydrogen) atoms. The van der Waals surface area contributed by atoms with Crippen LogP contribution in [0.4, 0.5) is 11.5 Å². The number of anilines is 2. The van der Waals surface area contributed by atoms with Gasteiger partial charge in [0.25, 0.3) is 0 Å². The molecule has 140 valence electrons. The molecule has 0 unspecified atom stereocenters. The molecule has 1 amide bonds. The number of amides is 1. The minimum atomic E-state index is -0.141. The number of ether oxygens (including phenoxy) is 2. The van der Waals surface area contributed by atoms with Gasteiger partial charge in [-0.05, 0) is 43.9 Å². The van der Waals surface area contributed by atoms with E-state index in [2.05, 4.69) is 20.5 Å². The molecule has 0 aliphatic carbocycles. The van der Waals surface area contributed by atoms with Crippen molar-refractivity contribution in [3.05, 3.63) is 42.1 Å². The first-order valence-electron chi connectivity index (χ1n) is 8.37. The molecule has 0 aliphatic rings. The summed E-state index contributed by atoms with van der Waals surface area (Å²) in [7, 11) is 7.20. The fourth-order valence-corrected chi connectivity index (χ4v) is 2.36. The zero-order valence-electron chi connectivity index (χ0n) is 15.7. The summed E-state index contributed by atoms with van der Waals surface area (Å²) in [6.07, 6.45) is 1.94. The molecule has 0 spiro atoms. The van der Waals surface area contributed by atoms with E-state index in [1.54, 1.807) is 38.6 Å². The SMILES string of the molecule is COc1ccc(CC(=O)Nc2ccc(NCCN(C)C)cn2)cc1OC. The summed E-state index contributed by atoms with van der Waals surface area (Å²) in [6, 6.07) is 9.10. The van der Waals surface area contributed by atoms with E-state index in [-0.39, 0.29) is 12.3 Å². The topological polar surface area (TPSA) is 75.7 Å². The Bertz CT molecular complexity index is 717. The largest absolute Gasteiger partial charge is 0.493 e. The van der Waals surface area contributed by atoms with Crippen LogP contribution in [0, 0.1) is 0 Å². The maximum absolute atomic E-state index is 12.2. The highest BCUT2D eigenvalue weighted by atomic mass is 16.5. The summed E-state index contributed by atoms with van der Waals surface area (Å²) in [5.41, 5.74) is 1.76. The lowest BCUT2D eigenvalue weighted by Crippen LogP contribution is -2.20. The van der Waals surface area contributed by atoms with Gasteiger partial charge in [-0.15, -0.1) is 0 Å². The molecule has 1 heterocycles. The molecule has 0 saturated heterocycles. The van der Waals surface area contributed by atoms with Crippen molar-refractivity contribution >= 4 is 17.4 Å². The smallest absolute Gasteiger partial charge is 0.229 e. The van der Waals surface area contributed by atoms with E-state index >= 15 is 0 Å². The van der Waals surface area contributed by atoms with Gasteiger partial charge in [-0.25, -0.2) is 4.98 Å². The van der Waals surface area contributed by atoms with Crippen LogP contribution in [0.2, 0.25) is 0 Å². The second-order valence-corrected chi connectivity index (χ2v) is 6.08. The van der Waals surface area contributed by atoms with Gasteiger partial charge in [-0.3, -0.25) is 4.79 Å². The first-order chi connectivity index (χ1) is 12.5. The van der Waals surface area contributed by atoms with Crippen LogP contribution < -0.4 is 20.1 Å². The van der Waals surface area contributed by atoms with Gasteiger partial charge in [0.2, 0.25) is 5.91 Å². The number of methoxy groups -OCH3 is 2. The molecule has 2 rings (SSSR count). The van der Waals surface area contributed by atoms with E-state index < -0.39 is 0 Å². The number of aromatic nitrogens is 1. The lowest BCUT2D eigenvalue weighted by atomic mass is 10.1. The second kappa shape index (κ2) is 9.62. The third kappa shape index (κ3) is 5.93. The van der Waals surface area contributed by atoms with Gasteiger partial charge < -0.3 is 25.0 Å². The Morgan fingerprint density at radius 3 is 2.50 bits per heavy atom. The van der Waals surface area contributed by atoms with Crippen LogP contribution in [0.25, 0.3) is 0 Å². The van der Waals surface area contributed by atoms with Crippen molar-refractivity contribution in [1.82, 2.24) is 9.88 Å². The molecule has 1 aromatic carbocycles. The highest BCUT2D eigenvalue weighted by molar-refractivity contribution is 5.91. The van der Waals surface area contributed by atoms with Gasteiger partial charge >= 0.3 is 0 Å². The summed E-state index contributed by atoms with van der Waals surface area (Å²) in [5.74, 6) is 1.62. The normalized spacial score (nSPS) is 10.5. The third-order valence-corrected chi connectivity index (χ3v) is 3.73. The van der Waals surface area contributed by atoms with Gasteiger partial charge in [0.15, 0.2) is 11.5 Å². The molecule has 7 nitrogen and oxygen atoms in total. The maximum Gasteiger partial charge on any atom is 0.229 e. The van der Waals surface area contributed by atoms with E-state index in [0.29, 0.717) is 17.3 Å². The number of carbonyl (C=O) groups is 1. The highest BCUT2D eigenvalue weighted by Crippen LogP contribution is 2.27. The molecule has 1 aromatic heterocycles. The molecule has 7 heteroatoms. The number of likely N-dealkylation sites (N-methyl/N-ethyl adjacent to an activating group) is 1. The summed E-state index contributed by atoms with van der Waals surface area (Å²) < 4.78 is 10.5. The van der Waals surface area contributed by atoms with Crippen LogP contribution in [0.5, 0.6) is 11.5 Å². The second-order valence-electron chi connectivity index (χ2n) is 6.08. The molecular weight excluding hydrogens is 332 g/mol. The quantitative estimate of drug-likeness (QED) is 0.716. The molecule has 0 saturated carbocycles. The summed E-state index contributed by atoms with van der Waals surface area (Å²) in [6.45, 7) is 1.77. The minimum absolute atomic E-state index is 0.141. The van der Waals surface area contributed by atoms with E-state index in [1.165, 1.54) is 0 Å². The van der Waals surface area contributed by atoms with Crippen molar-refractivity contribution in [2.75, 3.05) is 52.0 Å². The lowest BCUT2D eigenvalue weighted by molar-refractivity contribution is -0.115. The number of hydrogen-bond acceptors (Lipinski definition) is 6. The highest BCUT2D eigenvalue weighted by Gasteiger charge is 2.09. The van der Waals surface area contributed by atoms with Gasteiger partial charge in [-0.2, -0.15) is 0 Å². The Morgan fingerprint density at radius 1 is 1.12 bits per heavy atom. The standard InChI is InChI=1S/C19H26N4O3/c1-23(2)10-9-20-15-6-8-18(21-13-15)22-19(24)12-14-5-7-16(25-3)17(11-14)26-4/h5-8,11,13,20H,9-10,12H2,1-4H3,(H,21,22,24). The Hall–Kier alpha value is -2.80. The van der Waals surface area contributed by atoms with Gasteiger partial charge in [0.1, 0.15) is 5.82 Å². The van der Waals surface area contributed by atoms with Crippen molar-refractivity contribution in [2.24, 2.45) is 0 Å². The van der Waals surface area contributed by atoms with E-state index in [9.17, 15) is 4.79 Å². The van der Waals surface area contributed by atoms with Crippen molar-refractivity contribution in [2.45, 2.75) is 6.42 Å². The molecule has 2 N–H and O–H groups in total. The van der Waals surface area contributed by atoms with Crippen LogP contribution in [-0.4, -0.2) is 57.2 Å². The average molecular weight is 358 g/mol. The molecule has 0 fully saturated rings. The average Bonchev–Trinajstić information content (AvgIpc) is 2.62. The Balaban J connectivity index is 1.89. The summed E-state index contributed by atoms with van der Waals surface area (Å²) >= 11 is 0. The van der Waals surface area contributed by atoms with Gasteiger partial charge in [-0.1, -0.05) is 6.07 Å². The van der Waals surface area contributed by atoms with Crippen LogP contribution in [0.3, 0.4) is 0 Å². The fourth-order valence-electron chi connectivity index (χ4n) is 2.36. The predicted molar refractivity (Wildman–Crippen MR) is 103 cm³/mol. The molecule has 0 atom stereocenters. The summed E-state index contributed by atoms with van der Waals surface area (Å²) in [4.78, 5) is 18.6. The number of nitrogens with zero attached hydrogens (tertiary/aromatic N) is 2. The molecule has 0 bridgehead atoms. The number of carbonyl (C=O) groups excluding carboxylic acids is 1. The first kappa shape index (κ1) is 19.5. The number of hydrogen-bond donors (Lipinski definition) is 2. The molecule has 2 aromatic rings. The number of rotatable bonds is 9. The van der Waals surface area contributed by atoms with Crippen LogP contribution in [-0.2, 0) is 11.2 Å². The van der Waals surface area contributed by atoms with Crippen molar-refractivity contribution in [1.29, 1.82) is 0 Å². The Labute approximate surface area is 154 Å². The van der Waals surface area contributed by atoms with E-state index in [0.717, 1.165) is 24.3 Å². The number of nitrogens with one attached hydrogen (secondary N) is 2. The number of benzene rings is 1. The van der Waals surface area contributed by atoms with E-state index in [4.69, 9.17) is 9.47 Å². The zero-order chi connectivity index (χ0) is 18.9. The Kier molecular flexibility index (Phi) is 7.23. The molecule has 0 aliphatic heterocycles. The number of pyridine rings is 1. The molecule has 0 radical (unpaired) electrons. The fraction of sp³-hybridized carbons (Fsp3) is 0.368. The van der Waals surface area contributed by atoms with E-state index in [1.807, 2.05) is 26.2 Å². The van der Waals surface area contributed by atoms with Gasteiger partial charge in [0.05, 0.1) is 32.5 Å². The summed E-state index contributed by atoms with van der Waals surface area (Å²) in [5, 5.41) is 6.08. The van der Waals surface area contributed by atoms with Crippen LogP contribution >= 0.6 is 0 Å². The monoisotopic (exact) mass is 358 g/mol. The van der Waals surface area contributed by atoms with Crippen molar-refractivity contribution in [3.63, 3.8) is 0 Å². The lowest BCUT2D eigenvalue weighted by Gasteiger charge is -2.12. The van der Waals surface area contributed by atoms with Crippen LogP contribution in [0.15, 0.2) is 36.5 Å². The third-order valence-electron chi connectivity index (χ3n) is 3.73. The zero-order valence-corrected chi connectivity index (χ0v) is 15.7. The van der Waals surface area contributed by atoms with Crippen molar-refractivity contribution < 1.29 is 14.3 Å². The Morgan fingerprint density at radius 2 is 1.88 bits per heavy atom. The van der Waals surface area contributed by atoms with Crippen LogP contribution in [0.1, 0.15) is 5.56 Å². The first-order valence-corrected chi connectivity index (χ1v) is 8.37. The predicted octanol–water partition coefficient (Wildman–Crippen LogP) is 2.25. The van der Waals surface area contributed by atoms with Gasteiger partial charge in [0, 0.05) is 13.1 Å². The minimum Gasteiger partial charge on any atom is -0.493 e. The van der Waals surface area contributed by atoms with Crippen molar-refractivity contribution in [3.8, 4) is 11.5 Å². The maximum atomic E-state index is 12.2.